The van der Waals surface area contributed by atoms with Gasteiger partial charge in [0.2, 0.25) is 5.91 Å². The first-order valence-corrected chi connectivity index (χ1v) is 9.51. The highest BCUT2D eigenvalue weighted by Crippen LogP contribution is 2.30. The predicted octanol–water partition coefficient (Wildman–Crippen LogP) is 2.71. The maximum absolute atomic E-state index is 12.3. The Kier molecular flexibility index (Phi) is 4.82. The molecule has 2 aromatic heterocycles. The second-order valence-corrected chi connectivity index (χ2v) is 7.38. The van der Waals surface area contributed by atoms with E-state index in [9.17, 15) is 9.59 Å². The zero-order valence-corrected chi connectivity index (χ0v) is 14.8. The van der Waals surface area contributed by atoms with Crippen LogP contribution in [0.5, 0.6) is 0 Å². The second-order valence-electron chi connectivity index (χ2n) is 7.38. The summed E-state index contributed by atoms with van der Waals surface area (Å²) >= 11 is 0. The number of hydrogen-bond acceptors (Lipinski definition) is 4. The Labute approximate surface area is 152 Å². The van der Waals surface area contributed by atoms with Crippen LogP contribution in [-0.4, -0.2) is 26.7 Å². The van der Waals surface area contributed by atoms with Crippen molar-refractivity contribution in [1.29, 1.82) is 0 Å². The predicted molar refractivity (Wildman–Crippen MR) is 98.5 cm³/mol. The van der Waals surface area contributed by atoms with E-state index in [1.54, 1.807) is 29.2 Å². The molecular weight excluding hydrogens is 328 g/mol. The van der Waals surface area contributed by atoms with Crippen LogP contribution in [0.2, 0.25) is 0 Å². The van der Waals surface area contributed by atoms with E-state index >= 15 is 0 Å². The van der Waals surface area contributed by atoms with Crippen LogP contribution in [0.1, 0.15) is 51.0 Å². The van der Waals surface area contributed by atoms with E-state index in [0.29, 0.717) is 0 Å². The van der Waals surface area contributed by atoms with Gasteiger partial charge in [0, 0.05) is 36.0 Å². The number of nitrogens with zero attached hydrogens (tertiary/aromatic N) is 3. The van der Waals surface area contributed by atoms with Crippen LogP contribution in [-0.2, 0) is 4.79 Å². The topological polar surface area (TPSA) is 76.9 Å². The van der Waals surface area contributed by atoms with Gasteiger partial charge < -0.3 is 5.32 Å². The van der Waals surface area contributed by atoms with E-state index in [-0.39, 0.29) is 29.5 Å². The number of carbonyl (C=O) groups excluding carboxylic acids is 1. The Balaban J connectivity index is 1.42. The van der Waals surface area contributed by atoms with Crippen LogP contribution >= 0.6 is 0 Å². The fraction of sp³-hybridized carbons (Fsp3) is 0.500. The number of pyridine rings is 1. The number of nitrogens with one attached hydrogen (secondary N) is 1. The molecule has 136 valence electrons. The maximum Gasteiger partial charge on any atom is 0.267 e. The summed E-state index contributed by atoms with van der Waals surface area (Å²) in [6.45, 7) is 0. The average Bonchev–Trinajstić information content (AvgIpc) is 2.62. The van der Waals surface area contributed by atoms with Gasteiger partial charge in [-0.2, -0.15) is 5.10 Å². The third-order valence-electron chi connectivity index (χ3n) is 5.67. The van der Waals surface area contributed by atoms with Gasteiger partial charge in [0.25, 0.3) is 5.56 Å². The summed E-state index contributed by atoms with van der Waals surface area (Å²) in [5, 5.41) is 7.78. The molecule has 0 radical (unpaired) electrons. The van der Waals surface area contributed by atoms with Crippen LogP contribution in [0.4, 0.5) is 0 Å². The van der Waals surface area contributed by atoms with E-state index in [1.807, 2.05) is 12.1 Å². The molecule has 26 heavy (non-hydrogen) atoms. The lowest BCUT2D eigenvalue weighted by atomic mass is 9.84. The molecule has 2 aromatic rings. The third-order valence-corrected chi connectivity index (χ3v) is 5.67. The van der Waals surface area contributed by atoms with Crippen molar-refractivity contribution in [1.82, 2.24) is 20.1 Å². The molecule has 2 saturated carbocycles. The van der Waals surface area contributed by atoms with E-state index in [2.05, 4.69) is 15.4 Å². The fourth-order valence-electron chi connectivity index (χ4n) is 3.82. The summed E-state index contributed by atoms with van der Waals surface area (Å²) in [6, 6.07) is 7.47. The molecule has 0 unspecified atom stereocenters. The van der Waals surface area contributed by atoms with Crippen molar-refractivity contribution in [3.05, 3.63) is 47.0 Å². The lowest BCUT2D eigenvalue weighted by molar-refractivity contribution is -0.128. The first kappa shape index (κ1) is 16.9. The lowest BCUT2D eigenvalue weighted by Gasteiger charge is -2.32. The smallest absolute Gasteiger partial charge is 0.267 e. The molecule has 2 aliphatic rings. The number of aromatic nitrogens is 3. The van der Waals surface area contributed by atoms with E-state index in [4.69, 9.17) is 0 Å². The van der Waals surface area contributed by atoms with Crippen molar-refractivity contribution in [3.8, 4) is 11.3 Å². The molecule has 2 heterocycles. The molecule has 0 spiro atoms. The van der Waals surface area contributed by atoms with Gasteiger partial charge in [0.05, 0.1) is 11.7 Å². The molecule has 0 saturated heterocycles. The standard InChI is InChI=1S/C20H24N4O2/c25-19-9-8-18(14-10-12-21-13-11-14)23-24(19)17-6-4-16(5-7-17)22-20(26)15-2-1-3-15/h8-13,15-17H,1-7H2,(H,22,26). The zero-order chi connectivity index (χ0) is 17.9. The summed E-state index contributed by atoms with van der Waals surface area (Å²) in [7, 11) is 0. The number of amides is 1. The third kappa shape index (κ3) is 3.54. The number of rotatable bonds is 4. The quantitative estimate of drug-likeness (QED) is 0.918. The largest absolute Gasteiger partial charge is 0.353 e. The Bertz CT molecular complexity index is 821. The van der Waals surface area contributed by atoms with Gasteiger partial charge in [-0.15, -0.1) is 0 Å². The van der Waals surface area contributed by atoms with Gasteiger partial charge in [-0.3, -0.25) is 14.6 Å². The van der Waals surface area contributed by atoms with E-state index < -0.39 is 0 Å². The summed E-state index contributed by atoms with van der Waals surface area (Å²) in [6.07, 6.45) is 10.2. The average molecular weight is 352 g/mol. The zero-order valence-electron chi connectivity index (χ0n) is 14.8. The number of hydrogen-bond donors (Lipinski definition) is 1. The van der Waals surface area contributed by atoms with Crippen molar-refractivity contribution in [2.24, 2.45) is 5.92 Å². The molecule has 0 aromatic carbocycles. The van der Waals surface area contributed by atoms with E-state index in [1.165, 1.54) is 6.42 Å². The van der Waals surface area contributed by atoms with Crippen LogP contribution in [0.3, 0.4) is 0 Å². The Hall–Kier alpha value is -2.50. The molecular formula is C20H24N4O2. The van der Waals surface area contributed by atoms with Crippen molar-refractivity contribution < 1.29 is 4.79 Å². The SMILES string of the molecule is O=C(NC1CCC(n2nc(-c3ccncc3)ccc2=O)CC1)C1CCC1. The molecule has 4 rings (SSSR count). The van der Waals surface area contributed by atoms with Gasteiger partial charge in [0.1, 0.15) is 0 Å². The minimum atomic E-state index is -0.0650. The van der Waals surface area contributed by atoms with Crippen LogP contribution < -0.4 is 10.9 Å². The first-order chi connectivity index (χ1) is 12.7. The van der Waals surface area contributed by atoms with Crippen LogP contribution in [0.25, 0.3) is 11.3 Å². The van der Waals surface area contributed by atoms with Gasteiger partial charge >= 0.3 is 0 Å². The monoisotopic (exact) mass is 352 g/mol. The van der Waals surface area contributed by atoms with Gasteiger partial charge in [-0.05, 0) is 56.7 Å². The highest BCUT2D eigenvalue weighted by molar-refractivity contribution is 5.79. The van der Waals surface area contributed by atoms with E-state index in [0.717, 1.165) is 49.8 Å². The highest BCUT2D eigenvalue weighted by atomic mass is 16.2. The highest BCUT2D eigenvalue weighted by Gasteiger charge is 2.29. The van der Waals surface area contributed by atoms with Gasteiger partial charge in [-0.1, -0.05) is 6.42 Å². The van der Waals surface area contributed by atoms with Gasteiger partial charge in [-0.25, -0.2) is 4.68 Å². The fourth-order valence-corrected chi connectivity index (χ4v) is 3.82. The van der Waals surface area contributed by atoms with Crippen LogP contribution in [0, 0.1) is 5.92 Å². The molecule has 1 amide bonds. The molecule has 6 heteroatoms. The minimum absolute atomic E-state index is 0.0650. The molecule has 0 bridgehead atoms. The maximum atomic E-state index is 12.3. The van der Waals surface area contributed by atoms with Gasteiger partial charge in [0.15, 0.2) is 0 Å². The summed E-state index contributed by atoms with van der Waals surface area (Å²) in [4.78, 5) is 28.5. The molecule has 0 aliphatic heterocycles. The molecule has 1 N–H and O–H groups in total. The van der Waals surface area contributed by atoms with Crippen molar-refractivity contribution in [2.75, 3.05) is 0 Å². The van der Waals surface area contributed by atoms with Crippen molar-refractivity contribution in [2.45, 2.75) is 57.0 Å². The van der Waals surface area contributed by atoms with Crippen molar-refractivity contribution >= 4 is 5.91 Å². The second kappa shape index (κ2) is 7.40. The molecule has 0 atom stereocenters. The normalized spacial score (nSPS) is 23.2. The van der Waals surface area contributed by atoms with Crippen LogP contribution in [0.15, 0.2) is 41.5 Å². The number of carbonyl (C=O) groups is 1. The summed E-state index contributed by atoms with van der Waals surface area (Å²) < 4.78 is 1.62. The molecule has 6 nitrogen and oxygen atoms in total. The minimum Gasteiger partial charge on any atom is -0.353 e. The summed E-state index contributed by atoms with van der Waals surface area (Å²) in [5.74, 6) is 0.448. The van der Waals surface area contributed by atoms with Crippen molar-refractivity contribution in [3.63, 3.8) is 0 Å². The Morgan fingerprint density at radius 2 is 1.73 bits per heavy atom. The summed E-state index contributed by atoms with van der Waals surface area (Å²) in [5.41, 5.74) is 1.67. The molecule has 2 fully saturated rings. The first-order valence-electron chi connectivity index (χ1n) is 9.51. The lowest BCUT2D eigenvalue weighted by Crippen LogP contribution is -2.43. The Morgan fingerprint density at radius 3 is 2.38 bits per heavy atom. The Morgan fingerprint density at radius 1 is 1.00 bits per heavy atom. The molecule has 2 aliphatic carbocycles.